The average Bonchev–Trinajstić information content (AvgIpc) is 2.57. The van der Waals surface area contributed by atoms with Gasteiger partial charge in [0.2, 0.25) is 5.91 Å². The van der Waals surface area contributed by atoms with Gasteiger partial charge in [-0.15, -0.1) is 0 Å². The van der Waals surface area contributed by atoms with Crippen molar-refractivity contribution in [1.82, 2.24) is 4.90 Å². The maximum absolute atomic E-state index is 12.4. The third kappa shape index (κ3) is 4.02. The first-order valence-electron chi connectivity index (χ1n) is 8.23. The monoisotopic (exact) mass is 320 g/mol. The lowest BCUT2D eigenvalue weighted by atomic mass is 10.0. The van der Waals surface area contributed by atoms with Crippen LogP contribution >= 0.6 is 0 Å². The van der Waals surface area contributed by atoms with E-state index in [4.69, 9.17) is 14.2 Å². The molecule has 6 heteroatoms. The van der Waals surface area contributed by atoms with Crippen molar-refractivity contribution in [3.05, 3.63) is 24.3 Å². The van der Waals surface area contributed by atoms with Crippen molar-refractivity contribution >= 4 is 11.6 Å². The Morgan fingerprint density at radius 2 is 2.26 bits per heavy atom. The molecule has 2 saturated heterocycles. The second-order valence-electron chi connectivity index (χ2n) is 5.79. The summed E-state index contributed by atoms with van der Waals surface area (Å²) >= 11 is 0. The molecule has 0 aromatic heterocycles. The van der Waals surface area contributed by atoms with Gasteiger partial charge in [0.05, 0.1) is 38.2 Å². The molecule has 0 radical (unpaired) electrons. The smallest absolute Gasteiger partial charge is 0.238 e. The molecular formula is C17H24N2O4. The Hall–Kier alpha value is -1.63. The Bertz CT molecular complexity index is 535. The van der Waals surface area contributed by atoms with Crippen LogP contribution in [0.2, 0.25) is 0 Å². The number of hydrogen-bond acceptors (Lipinski definition) is 5. The van der Waals surface area contributed by atoms with Gasteiger partial charge < -0.3 is 19.5 Å². The van der Waals surface area contributed by atoms with Crippen molar-refractivity contribution in [3.8, 4) is 5.75 Å². The number of benzene rings is 1. The largest absolute Gasteiger partial charge is 0.492 e. The van der Waals surface area contributed by atoms with Gasteiger partial charge in [0.15, 0.2) is 0 Å². The summed E-state index contributed by atoms with van der Waals surface area (Å²) < 4.78 is 16.8. The van der Waals surface area contributed by atoms with Crippen molar-refractivity contribution in [2.24, 2.45) is 0 Å². The summed E-state index contributed by atoms with van der Waals surface area (Å²) in [6, 6.07) is 7.78. The van der Waals surface area contributed by atoms with Crippen LogP contribution in [-0.2, 0) is 14.3 Å². The minimum Gasteiger partial charge on any atom is -0.492 e. The second kappa shape index (κ2) is 7.77. The molecule has 1 aromatic rings. The number of amides is 1. The van der Waals surface area contributed by atoms with E-state index in [0.29, 0.717) is 32.1 Å². The van der Waals surface area contributed by atoms with Crippen molar-refractivity contribution in [3.63, 3.8) is 0 Å². The Morgan fingerprint density at radius 1 is 1.39 bits per heavy atom. The molecule has 0 saturated carbocycles. The van der Waals surface area contributed by atoms with Gasteiger partial charge in [-0.1, -0.05) is 12.1 Å². The number of carbonyl (C=O) groups is 1. The number of nitrogens with zero attached hydrogens (tertiary/aromatic N) is 1. The van der Waals surface area contributed by atoms with Crippen molar-refractivity contribution in [1.29, 1.82) is 0 Å². The summed E-state index contributed by atoms with van der Waals surface area (Å²) in [7, 11) is 0. The summed E-state index contributed by atoms with van der Waals surface area (Å²) in [5.74, 6) is 0.679. The topological polar surface area (TPSA) is 60.0 Å². The quantitative estimate of drug-likeness (QED) is 0.891. The molecule has 2 fully saturated rings. The van der Waals surface area contributed by atoms with E-state index >= 15 is 0 Å². The molecule has 1 N–H and O–H groups in total. The van der Waals surface area contributed by atoms with Crippen LogP contribution in [0.1, 0.15) is 13.3 Å². The van der Waals surface area contributed by atoms with Gasteiger partial charge in [0, 0.05) is 19.2 Å². The molecule has 1 amide bonds. The SMILES string of the molecule is CCOc1ccccc1NC(=O)CN1CCO[C@@H]2COCC[C@@H]21. The minimum atomic E-state index is -0.0238. The zero-order valence-corrected chi connectivity index (χ0v) is 13.5. The fourth-order valence-corrected chi connectivity index (χ4v) is 3.19. The molecular weight excluding hydrogens is 296 g/mol. The molecule has 2 aliphatic rings. The van der Waals surface area contributed by atoms with E-state index < -0.39 is 0 Å². The highest BCUT2D eigenvalue weighted by Crippen LogP contribution is 2.25. The van der Waals surface area contributed by atoms with Gasteiger partial charge in [0.25, 0.3) is 0 Å². The predicted molar refractivity (Wildman–Crippen MR) is 86.8 cm³/mol. The van der Waals surface area contributed by atoms with Gasteiger partial charge in [0.1, 0.15) is 5.75 Å². The first-order chi connectivity index (χ1) is 11.3. The molecule has 23 heavy (non-hydrogen) atoms. The average molecular weight is 320 g/mol. The van der Waals surface area contributed by atoms with Crippen LogP contribution in [0.4, 0.5) is 5.69 Å². The number of morpholine rings is 1. The lowest BCUT2D eigenvalue weighted by Gasteiger charge is -2.43. The number of hydrogen-bond donors (Lipinski definition) is 1. The lowest BCUT2D eigenvalue weighted by molar-refractivity contribution is -0.142. The van der Waals surface area contributed by atoms with Crippen molar-refractivity contribution in [2.45, 2.75) is 25.5 Å². The van der Waals surface area contributed by atoms with Crippen LogP contribution in [0.15, 0.2) is 24.3 Å². The number of rotatable bonds is 5. The third-order valence-corrected chi connectivity index (χ3v) is 4.26. The van der Waals surface area contributed by atoms with Crippen LogP contribution in [0.5, 0.6) is 5.75 Å². The Labute approximate surface area is 136 Å². The zero-order chi connectivity index (χ0) is 16.1. The zero-order valence-electron chi connectivity index (χ0n) is 13.5. The predicted octanol–water partition coefficient (Wildman–Crippen LogP) is 1.51. The van der Waals surface area contributed by atoms with Gasteiger partial charge in [-0.05, 0) is 25.5 Å². The Kier molecular flexibility index (Phi) is 5.48. The molecule has 6 nitrogen and oxygen atoms in total. The maximum Gasteiger partial charge on any atom is 0.238 e. The van der Waals surface area contributed by atoms with Crippen LogP contribution in [0.25, 0.3) is 0 Å². The van der Waals surface area contributed by atoms with Crippen LogP contribution in [0.3, 0.4) is 0 Å². The molecule has 1 aromatic carbocycles. The van der Waals surface area contributed by atoms with E-state index in [0.717, 1.165) is 25.3 Å². The molecule has 0 aliphatic carbocycles. The summed E-state index contributed by atoms with van der Waals surface area (Å²) in [4.78, 5) is 14.6. The van der Waals surface area contributed by atoms with E-state index in [2.05, 4.69) is 10.2 Å². The van der Waals surface area contributed by atoms with E-state index in [-0.39, 0.29) is 18.1 Å². The van der Waals surface area contributed by atoms with Crippen LogP contribution < -0.4 is 10.1 Å². The van der Waals surface area contributed by atoms with Crippen LogP contribution in [0, 0.1) is 0 Å². The highest BCUT2D eigenvalue weighted by molar-refractivity contribution is 5.93. The molecule has 0 unspecified atom stereocenters. The molecule has 3 rings (SSSR count). The number of nitrogens with one attached hydrogen (secondary N) is 1. The first kappa shape index (κ1) is 16.2. The molecule has 0 bridgehead atoms. The molecule has 2 heterocycles. The summed E-state index contributed by atoms with van der Waals surface area (Å²) in [5, 5.41) is 2.96. The number of ether oxygens (including phenoxy) is 3. The van der Waals surface area contributed by atoms with E-state index in [1.165, 1.54) is 0 Å². The van der Waals surface area contributed by atoms with Gasteiger partial charge in [-0.25, -0.2) is 0 Å². The summed E-state index contributed by atoms with van der Waals surface area (Å²) in [6.45, 7) is 5.64. The van der Waals surface area contributed by atoms with E-state index in [1.807, 2.05) is 31.2 Å². The maximum atomic E-state index is 12.4. The molecule has 126 valence electrons. The minimum absolute atomic E-state index is 0.0238. The standard InChI is InChI=1S/C17H24N2O4/c1-2-22-15-6-4-3-5-13(15)18-17(20)11-19-8-10-23-16-12-21-9-7-14(16)19/h3-6,14,16H,2,7-12H2,1H3,(H,18,20)/t14-,16+/m0/s1. The highest BCUT2D eigenvalue weighted by Gasteiger charge is 2.35. The Morgan fingerprint density at radius 3 is 3.13 bits per heavy atom. The number of fused-ring (bicyclic) bond motifs is 1. The second-order valence-corrected chi connectivity index (χ2v) is 5.79. The molecule has 0 spiro atoms. The normalized spacial score (nSPS) is 24.7. The molecule has 2 atom stereocenters. The highest BCUT2D eigenvalue weighted by atomic mass is 16.5. The fourth-order valence-electron chi connectivity index (χ4n) is 3.19. The molecule has 2 aliphatic heterocycles. The Balaban J connectivity index is 1.60. The number of para-hydroxylation sites is 2. The van der Waals surface area contributed by atoms with E-state index in [1.54, 1.807) is 0 Å². The van der Waals surface area contributed by atoms with Crippen molar-refractivity contribution in [2.75, 3.05) is 44.8 Å². The summed E-state index contributed by atoms with van der Waals surface area (Å²) in [6.07, 6.45) is 0.994. The van der Waals surface area contributed by atoms with Gasteiger partial charge in [-0.3, -0.25) is 9.69 Å². The third-order valence-electron chi connectivity index (χ3n) is 4.26. The fraction of sp³-hybridized carbons (Fsp3) is 0.588. The van der Waals surface area contributed by atoms with Gasteiger partial charge in [-0.2, -0.15) is 0 Å². The number of anilines is 1. The number of carbonyl (C=O) groups excluding carboxylic acids is 1. The van der Waals surface area contributed by atoms with Gasteiger partial charge >= 0.3 is 0 Å². The lowest BCUT2D eigenvalue weighted by Crippen LogP contribution is -2.57. The van der Waals surface area contributed by atoms with Crippen LogP contribution in [-0.4, -0.2) is 62.5 Å². The van der Waals surface area contributed by atoms with E-state index in [9.17, 15) is 4.79 Å². The first-order valence-corrected chi connectivity index (χ1v) is 8.23. The van der Waals surface area contributed by atoms with Crippen molar-refractivity contribution < 1.29 is 19.0 Å². The summed E-state index contributed by atoms with van der Waals surface area (Å²) in [5.41, 5.74) is 0.719.